The Kier molecular flexibility index (Phi) is 6.79. The number of ether oxygens (including phenoxy) is 3. The van der Waals surface area contributed by atoms with Gasteiger partial charge in [-0.25, -0.2) is 0 Å². The van der Waals surface area contributed by atoms with E-state index in [4.69, 9.17) is 19.2 Å². The van der Waals surface area contributed by atoms with E-state index in [2.05, 4.69) is 22.3 Å². The second-order valence-electron chi connectivity index (χ2n) is 8.63. The molecular weight excluding hydrogens is 442 g/mol. The van der Waals surface area contributed by atoms with Crippen molar-refractivity contribution in [1.82, 2.24) is 4.90 Å². The van der Waals surface area contributed by atoms with E-state index in [1.54, 1.807) is 20.3 Å². The van der Waals surface area contributed by atoms with Crippen LogP contribution in [0.2, 0.25) is 0 Å². The van der Waals surface area contributed by atoms with Crippen molar-refractivity contribution in [2.24, 2.45) is 4.99 Å². The molecule has 0 radical (unpaired) electrons. The summed E-state index contributed by atoms with van der Waals surface area (Å²) in [6.07, 6.45) is 0. The van der Waals surface area contributed by atoms with E-state index in [0.717, 1.165) is 49.7 Å². The molecule has 35 heavy (non-hydrogen) atoms. The van der Waals surface area contributed by atoms with Crippen molar-refractivity contribution in [3.05, 3.63) is 83.4 Å². The maximum atomic E-state index is 13.2. The van der Waals surface area contributed by atoms with Crippen LogP contribution in [0, 0.1) is 0 Å². The van der Waals surface area contributed by atoms with Gasteiger partial charge in [0.25, 0.3) is 0 Å². The predicted octanol–water partition coefficient (Wildman–Crippen LogP) is 4.39. The molecule has 3 aromatic rings. The number of aliphatic imine (C=N–C) groups is 1. The number of fused-ring (bicyclic) bond motifs is 1. The van der Waals surface area contributed by atoms with Crippen LogP contribution < -0.4 is 14.8 Å². The number of carbonyl (C=O) groups is 1. The molecule has 2 aliphatic heterocycles. The molecule has 0 spiro atoms. The van der Waals surface area contributed by atoms with E-state index in [9.17, 15) is 4.79 Å². The molecular formula is C28H29N3O4. The molecule has 7 heteroatoms. The fourth-order valence-corrected chi connectivity index (χ4v) is 4.60. The number of carbonyl (C=O) groups excluding carboxylic acids is 1. The van der Waals surface area contributed by atoms with Gasteiger partial charge in [0.2, 0.25) is 5.91 Å². The van der Waals surface area contributed by atoms with Crippen molar-refractivity contribution < 1.29 is 19.0 Å². The normalized spacial score (nSPS) is 18.2. The molecule has 180 valence electrons. The highest BCUT2D eigenvalue weighted by Gasteiger charge is 2.36. The van der Waals surface area contributed by atoms with Gasteiger partial charge in [-0.3, -0.25) is 14.7 Å². The van der Waals surface area contributed by atoms with E-state index in [-0.39, 0.29) is 5.91 Å². The van der Waals surface area contributed by atoms with Crippen LogP contribution in [0.4, 0.5) is 11.4 Å². The van der Waals surface area contributed by atoms with E-state index in [0.29, 0.717) is 22.9 Å². The first-order valence-electron chi connectivity index (χ1n) is 11.8. The number of methoxy groups -OCH3 is 2. The maximum Gasteiger partial charge on any atom is 0.238 e. The number of hydrogen-bond donors (Lipinski definition) is 1. The third-order valence-electron chi connectivity index (χ3n) is 6.43. The predicted molar refractivity (Wildman–Crippen MR) is 136 cm³/mol. The molecule has 1 amide bonds. The van der Waals surface area contributed by atoms with E-state index in [1.165, 1.54) is 5.56 Å². The molecule has 1 saturated heterocycles. The molecule has 1 unspecified atom stereocenters. The van der Waals surface area contributed by atoms with Gasteiger partial charge in [-0.15, -0.1) is 0 Å². The minimum absolute atomic E-state index is 0.123. The topological polar surface area (TPSA) is 72.4 Å². The number of nitrogens with zero attached hydrogens (tertiary/aromatic N) is 2. The lowest BCUT2D eigenvalue weighted by molar-refractivity contribution is -0.115. The van der Waals surface area contributed by atoms with Crippen LogP contribution in [-0.4, -0.2) is 57.0 Å². The zero-order valence-electron chi connectivity index (χ0n) is 20.0. The zero-order valence-corrected chi connectivity index (χ0v) is 20.0. The van der Waals surface area contributed by atoms with Gasteiger partial charge in [-0.1, -0.05) is 42.5 Å². The third-order valence-corrected chi connectivity index (χ3v) is 6.43. The standard InChI is InChI=1S/C28H29N3O4/c1-33-24-16-22-23(17-25(24)34-2)30-28(32)26(22)27(20-6-4-3-5-7-20)29-21-10-8-19(9-11-21)18-31-12-14-35-15-13-31/h3-11,16-17,26H,12-15,18H2,1-2H3,(H,30,32). The molecule has 2 heterocycles. The fourth-order valence-electron chi connectivity index (χ4n) is 4.60. The van der Waals surface area contributed by atoms with Gasteiger partial charge in [0.1, 0.15) is 5.92 Å². The minimum Gasteiger partial charge on any atom is -0.493 e. The van der Waals surface area contributed by atoms with Gasteiger partial charge in [0.15, 0.2) is 11.5 Å². The number of amides is 1. The van der Waals surface area contributed by atoms with Crippen LogP contribution in [0.15, 0.2) is 71.7 Å². The summed E-state index contributed by atoms with van der Waals surface area (Å²) in [7, 11) is 3.17. The molecule has 5 rings (SSSR count). The Morgan fingerprint density at radius 3 is 2.37 bits per heavy atom. The van der Waals surface area contributed by atoms with Crippen LogP contribution in [0.1, 0.15) is 22.6 Å². The Morgan fingerprint density at radius 2 is 1.69 bits per heavy atom. The van der Waals surface area contributed by atoms with E-state index >= 15 is 0 Å². The zero-order chi connectivity index (χ0) is 24.2. The lowest BCUT2D eigenvalue weighted by atomic mass is 9.90. The van der Waals surface area contributed by atoms with Crippen LogP contribution in [0.5, 0.6) is 11.5 Å². The second kappa shape index (κ2) is 10.3. The van der Waals surface area contributed by atoms with Crippen molar-refractivity contribution in [3.8, 4) is 11.5 Å². The van der Waals surface area contributed by atoms with Crippen molar-refractivity contribution >= 4 is 23.0 Å². The largest absolute Gasteiger partial charge is 0.493 e. The van der Waals surface area contributed by atoms with Crippen LogP contribution >= 0.6 is 0 Å². The minimum atomic E-state index is -0.569. The number of anilines is 1. The fraction of sp³-hybridized carbons (Fsp3) is 0.286. The Hall–Kier alpha value is -3.68. The van der Waals surface area contributed by atoms with Gasteiger partial charge in [0, 0.05) is 31.4 Å². The molecule has 0 aromatic heterocycles. The lowest BCUT2D eigenvalue weighted by Gasteiger charge is -2.26. The number of rotatable bonds is 7. The summed E-state index contributed by atoms with van der Waals surface area (Å²) in [6, 6.07) is 21.7. The average Bonchev–Trinajstić information content (AvgIpc) is 3.22. The monoisotopic (exact) mass is 471 g/mol. The first-order valence-corrected chi connectivity index (χ1v) is 11.8. The first kappa shape index (κ1) is 23.1. The van der Waals surface area contributed by atoms with Crippen molar-refractivity contribution in [2.75, 3.05) is 45.8 Å². The van der Waals surface area contributed by atoms with Gasteiger partial charge in [-0.05, 0) is 34.9 Å². The van der Waals surface area contributed by atoms with Crippen molar-refractivity contribution in [2.45, 2.75) is 12.5 Å². The van der Waals surface area contributed by atoms with E-state index < -0.39 is 5.92 Å². The average molecular weight is 472 g/mol. The summed E-state index contributed by atoms with van der Waals surface area (Å²) in [5.41, 5.74) is 5.15. The summed E-state index contributed by atoms with van der Waals surface area (Å²) in [4.78, 5) is 20.6. The highest BCUT2D eigenvalue weighted by molar-refractivity contribution is 6.24. The quantitative estimate of drug-likeness (QED) is 0.518. The summed E-state index contributed by atoms with van der Waals surface area (Å²) >= 11 is 0. The van der Waals surface area contributed by atoms with Gasteiger partial charge >= 0.3 is 0 Å². The van der Waals surface area contributed by atoms with Gasteiger partial charge < -0.3 is 19.5 Å². The third kappa shape index (κ3) is 4.92. The summed E-state index contributed by atoms with van der Waals surface area (Å²) in [6.45, 7) is 4.35. The summed E-state index contributed by atoms with van der Waals surface area (Å²) in [5.74, 6) is 0.455. The smallest absolute Gasteiger partial charge is 0.238 e. The molecule has 7 nitrogen and oxygen atoms in total. The number of benzene rings is 3. The Morgan fingerprint density at radius 1 is 1.00 bits per heavy atom. The molecule has 1 atom stereocenters. The van der Waals surface area contributed by atoms with Crippen LogP contribution in [-0.2, 0) is 16.1 Å². The van der Waals surface area contributed by atoms with Crippen LogP contribution in [0.3, 0.4) is 0 Å². The summed E-state index contributed by atoms with van der Waals surface area (Å²) in [5, 5.41) is 2.99. The van der Waals surface area contributed by atoms with Crippen molar-refractivity contribution in [3.63, 3.8) is 0 Å². The van der Waals surface area contributed by atoms with Gasteiger partial charge in [0.05, 0.1) is 38.8 Å². The highest BCUT2D eigenvalue weighted by Crippen LogP contribution is 2.42. The molecule has 0 saturated carbocycles. The van der Waals surface area contributed by atoms with Crippen LogP contribution in [0.25, 0.3) is 0 Å². The Balaban J connectivity index is 1.50. The van der Waals surface area contributed by atoms with Gasteiger partial charge in [-0.2, -0.15) is 0 Å². The Labute approximate surface area is 205 Å². The lowest BCUT2D eigenvalue weighted by Crippen LogP contribution is -2.35. The maximum absolute atomic E-state index is 13.2. The number of morpholine rings is 1. The molecule has 2 aliphatic rings. The Bertz CT molecular complexity index is 1220. The first-order chi connectivity index (χ1) is 17.2. The van der Waals surface area contributed by atoms with E-state index in [1.807, 2.05) is 48.5 Å². The molecule has 1 fully saturated rings. The second-order valence-corrected chi connectivity index (χ2v) is 8.63. The van der Waals surface area contributed by atoms with Crippen molar-refractivity contribution in [1.29, 1.82) is 0 Å². The number of hydrogen-bond acceptors (Lipinski definition) is 6. The SMILES string of the molecule is COc1cc2c(cc1OC)C(C(=Nc1ccc(CN3CCOCC3)cc1)c1ccccc1)C(=O)N2. The molecule has 0 aliphatic carbocycles. The molecule has 1 N–H and O–H groups in total. The highest BCUT2D eigenvalue weighted by atomic mass is 16.5. The number of nitrogens with one attached hydrogen (secondary N) is 1. The molecule has 0 bridgehead atoms. The molecule has 3 aromatic carbocycles. The summed E-state index contributed by atoms with van der Waals surface area (Å²) < 4.78 is 16.4.